The van der Waals surface area contributed by atoms with E-state index < -0.39 is 0 Å². The summed E-state index contributed by atoms with van der Waals surface area (Å²) in [5, 5.41) is 24.3. The monoisotopic (exact) mass is 374 g/mol. The zero-order valence-electron chi connectivity index (χ0n) is 16.7. The van der Waals surface area contributed by atoms with Crippen molar-refractivity contribution in [2.24, 2.45) is 0 Å². The zero-order chi connectivity index (χ0) is 19.9. The van der Waals surface area contributed by atoms with Crippen molar-refractivity contribution < 1.29 is 14.6 Å². The summed E-state index contributed by atoms with van der Waals surface area (Å²) in [5.41, 5.74) is 1.23. The van der Waals surface area contributed by atoms with Crippen LogP contribution in [0.15, 0.2) is 12.1 Å². The second-order valence-corrected chi connectivity index (χ2v) is 7.56. The van der Waals surface area contributed by atoms with E-state index in [2.05, 4.69) is 41.4 Å². The highest BCUT2D eigenvalue weighted by Gasteiger charge is 2.24. The minimum atomic E-state index is -0.138. The van der Waals surface area contributed by atoms with Crippen LogP contribution < -0.4 is 4.74 Å². The van der Waals surface area contributed by atoms with Crippen molar-refractivity contribution in [3.8, 4) is 11.5 Å². The number of nitrogens with zero attached hydrogens (tertiary/aromatic N) is 3. The topological polar surface area (TPSA) is 101 Å². The van der Waals surface area contributed by atoms with Gasteiger partial charge in [-0.3, -0.25) is 4.79 Å². The molecule has 2 N–H and O–H groups in total. The first kappa shape index (κ1) is 20.9. The summed E-state index contributed by atoms with van der Waals surface area (Å²) in [6.45, 7) is 8.35. The fourth-order valence-electron chi connectivity index (χ4n) is 3.08. The number of hydrogen-bond donors (Lipinski definition) is 2. The van der Waals surface area contributed by atoms with Gasteiger partial charge in [-0.25, -0.2) is 0 Å². The van der Waals surface area contributed by atoms with E-state index in [-0.39, 0.29) is 16.9 Å². The first-order chi connectivity index (χ1) is 12.8. The van der Waals surface area contributed by atoms with Gasteiger partial charge in [0.05, 0.1) is 12.2 Å². The standard InChI is InChI=1S/C20H30N4O3/c1-5-9-15-12-16(14(2)25)17(26)13-18(15)27-11-8-6-7-10-20(3,4)19-21-23-24-22-19/h12-13,26H,5-11H2,1-4H3,(H,21,22,23,24). The van der Waals surface area contributed by atoms with E-state index in [1.807, 2.05) is 0 Å². The number of ketones is 1. The van der Waals surface area contributed by atoms with Gasteiger partial charge in [0, 0.05) is 11.5 Å². The number of carbonyl (C=O) groups is 1. The lowest BCUT2D eigenvalue weighted by Gasteiger charge is -2.20. The summed E-state index contributed by atoms with van der Waals surface area (Å²) in [6, 6.07) is 3.32. The number of aromatic hydroxyl groups is 1. The van der Waals surface area contributed by atoms with E-state index in [1.165, 1.54) is 6.92 Å². The van der Waals surface area contributed by atoms with Crippen LogP contribution in [0.4, 0.5) is 0 Å². The Balaban J connectivity index is 1.83. The maximum absolute atomic E-state index is 11.6. The van der Waals surface area contributed by atoms with Crippen LogP contribution in [-0.2, 0) is 11.8 Å². The Labute approximate surface area is 160 Å². The molecule has 7 heteroatoms. The lowest BCUT2D eigenvalue weighted by atomic mass is 9.86. The normalized spacial score (nSPS) is 11.6. The summed E-state index contributed by atoms with van der Waals surface area (Å²) in [6.07, 6.45) is 5.73. The van der Waals surface area contributed by atoms with Crippen LogP contribution in [0.25, 0.3) is 0 Å². The number of tetrazole rings is 1. The summed E-state index contributed by atoms with van der Waals surface area (Å²) < 4.78 is 5.90. The Morgan fingerprint density at radius 1 is 1.26 bits per heavy atom. The van der Waals surface area contributed by atoms with Crippen LogP contribution in [0.2, 0.25) is 0 Å². The number of rotatable bonds is 11. The van der Waals surface area contributed by atoms with E-state index in [1.54, 1.807) is 12.1 Å². The highest BCUT2D eigenvalue weighted by Crippen LogP contribution is 2.30. The molecule has 2 rings (SSSR count). The molecule has 0 saturated heterocycles. The molecule has 0 saturated carbocycles. The number of aromatic nitrogens is 4. The van der Waals surface area contributed by atoms with Crippen LogP contribution in [0.3, 0.4) is 0 Å². The van der Waals surface area contributed by atoms with Crippen LogP contribution in [0, 0.1) is 0 Å². The molecule has 2 aromatic rings. The molecule has 1 heterocycles. The first-order valence-electron chi connectivity index (χ1n) is 9.58. The second kappa shape index (κ2) is 9.48. The van der Waals surface area contributed by atoms with Gasteiger partial charge in [-0.05, 0) is 37.8 Å². The van der Waals surface area contributed by atoms with Crippen molar-refractivity contribution >= 4 is 5.78 Å². The van der Waals surface area contributed by atoms with Gasteiger partial charge in [0.15, 0.2) is 11.6 Å². The molecular formula is C20H30N4O3. The molecule has 0 bridgehead atoms. The van der Waals surface area contributed by atoms with Gasteiger partial charge < -0.3 is 9.84 Å². The van der Waals surface area contributed by atoms with Crippen molar-refractivity contribution in [3.63, 3.8) is 0 Å². The maximum Gasteiger partial charge on any atom is 0.180 e. The molecule has 0 fully saturated rings. The second-order valence-electron chi connectivity index (χ2n) is 7.56. The van der Waals surface area contributed by atoms with Crippen molar-refractivity contribution in [2.75, 3.05) is 6.61 Å². The molecule has 1 aromatic carbocycles. The molecule has 0 aliphatic carbocycles. The van der Waals surface area contributed by atoms with E-state index in [0.717, 1.165) is 49.9 Å². The molecule has 0 spiro atoms. The Kier molecular flexibility index (Phi) is 7.33. The van der Waals surface area contributed by atoms with Gasteiger partial charge in [0.25, 0.3) is 0 Å². The molecule has 0 unspecified atom stereocenters. The number of aryl methyl sites for hydroxylation is 1. The largest absolute Gasteiger partial charge is 0.507 e. The van der Waals surface area contributed by atoms with Gasteiger partial charge in [-0.15, -0.1) is 10.2 Å². The minimum Gasteiger partial charge on any atom is -0.507 e. The predicted molar refractivity (Wildman–Crippen MR) is 103 cm³/mol. The fraction of sp³-hybridized carbons (Fsp3) is 0.600. The molecule has 0 amide bonds. The maximum atomic E-state index is 11.6. The third kappa shape index (κ3) is 5.77. The van der Waals surface area contributed by atoms with Crippen LogP contribution in [0.5, 0.6) is 11.5 Å². The molecule has 7 nitrogen and oxygen atoms in total. The van der Waals surface area contributed by atoms with Crippen molar-refractivity contribution in [1.29, 1.82) is 0 Å². The summed E-state index contributed by atoms with van der Waals surface area (Å²) in [5.74, 6) is 1.26. The molecule has 1 aromatic heterocycles. The third-order valence-electron chi connectivity index (χ3n) is 4.73. The van der Waals surface area contributed by atoms with Crippen LogP contribution >= 0.6 is 0 Å². The van der Waals surface area contributed by atoms with Crippen LogP contribution in [0.1, 0.15) is 81.5 Å². The molecule has 0 radical (unpaired) electrons. The fourth-order valence-corrected chi connectivity index (χ4v) is 3.08. The average molecular weight is 374 g/mol. The lowest BCUT2D eigenvalue weighted by Crippen LogP contribution is -2.19. The van der Waals surface area contributed by atoms with Crippen molar-refractivity contribution in [3.05, 3.63) is 29.1 Å². The van der Waals surface area contributed by atoms with Gasteiger partial charge >= 0.3 is 0 Å². The van der Waals surface area contributed by atoms with Crippen molar-refractivity contribution in [2.45, 2.75) is 71.6 Å². The highest BCUT2D eigenvalue weighted by molar-refractivity contribution is 5.97. The summed E-state index contributed by atoms with van der Waals surface area (Å²) in [7, 11) is 0. The number of aromatic amines is 1. The molecule has 0 atom stereocenters. The number of benzene rings is 1. The molecule has 0 aliphatic rings. The number of Topliss-reactive ketones (excluding diaryl/α,β-unsaturated/α-hetero) is 1. The Morgan fingerprint density at radius 2 is 2.04 bits per heavy atom. The van der Waals surface area contributed by atoms with E-state index in [9.17, 15) is 9.90 Å². The average Bonchev–Trinajstić information content (AvgIpc) is 3.15. The number of carbonyl (C=O) groups excluding carboxylic acids is 1. The lowest BCUT2D eigenvalue weighted by molar-refractivity contribution is 0.101. The number of phenolic OH excluding ortho intramolecular Hbond substituents is 1. The number of nitrogens with one attached hydrogen (secondary N) is 1. The van der Waals surface area contributed by atoms with E-state index in [0.29, 0.717) is 17.9 Å². The smallest absolute Gasteiger partial charge is 0.180 e. The Bertz CT molecular complexity index is 742. The summed E-state index contributed by atoms with van der Waals surface area (Å²) >= 11 is 0. The number of ether oxygens (including phenoxy) is 1. The van der Waals surface area contributed by atoms with Crippen molar-refractivity contribution in [1.82, 2.24) is 20.6 Å². The number of hydrogen-bond acceptors (Lipinski definition) is 6. The van der Waals surface area contributed by atoms with Gasteiger partial charge in [0.2, 0.25) is 0 Å². The molecular weight excluding hydrogens is 344 g/mol. The SMILES string of the molecule is CCCc1cc(C(C)=O)c(O)cc1OCCCCCC(C)(C)c1nn[nH]n1. The van der Waals surface area contributed by atoms with E-state index >= 15 is 0 Å². The van der Waals surface area contributed by atoms with Gasteiger partial charge in [-0.2, -0.15) is 5.21 Å². The number of unbranched alkanes of at least 4 members (excludes halogenated alkanes) is 2. The number of H-pyrrole nitrogens is 1. The number of phenols is 1. The quantitative estimate of drug-likeness (QED) is 0.456. The Morgan fingerprint density at radius 3 is 2.67 bits per heavy atom. The van der Waals surface area contributed by atoms with Gasteiger partial charge in [-0.1, -0.05) is 45.2 Å². The highest BCUT2D eigenvalue weighted by atomic mass is 16.5. The molecule has 0 aliphatic heterocycles. The molecule has 27 heavy (non-hydrogen) atoms. The Hall–Kier alpha value is -2.44. The first-order valence-corrected chi connectivity index (χ1v) is 9.58. The van der Waals surface area contributed by atoms with Gasteiger partial charge in [0.1, 0.15) is 11.5 Å². The third-order valence-corrected chi connectivity index (χ3v) is 4.73. The zero-order valence-corrected chi connectivity index (χ0v) is 16.7. The predicted octanol–water partition coefficient (Wildman–Crippen LogP) is 3.98. The minimum absolute atomic E-state index is 0.0146. The molecule has 148 valence electrons. The summed E-state index contributed by atoms with van der Waals surface area (Å²) in [4.78, 5) is 11.6. The van der Waals surface area contributed by atoms with E-state index in [4.69, 9.17) is 4.74 Å². The van der Waals surface area contributed by atoms with Crippen LogP contribution in [-0.4, -0.2) is 38.1 Å².